The molecule has 432 valence electrons. The van der Waals surface area contributed by atoms with Gasteiger partial charge in [0.2, 0.25) is 0 Å². The number of nitrogens with one attached hydrogen (secondary N) is 3. The highest BCUT2D eigenvalue weighted by Gasteiger charge is 2.33. The molecule has 2 aliphatic heterocycles. The van der Waals surface area contributed by atoms with Gasteiger partial charge in [0.15, 0.2) is 39.6 Å². The number of aliphatic carboxylic acids is 6. The van der Waals surface area contributed by atoms with Gasteiger partial charge in [0, 0.05) is 74.5 Å². The lowest BCUT2D eigenvalue weighted by Crippen LogP contribution is -2.22. The summed E-state index contributed by atoms with van der Waals surface area (Å²) in [7, 11) is 0. The quantitative estimate of drug-likeness (QED) is 0.0340. The van der Waals surface area contributed by atoms with Crippen LogP contribution in [-0.4, -0.2) is 127 Å². The van der Waals surface area contributed by atoms with Gasteiger partial charge in [-0.05, 0) is 123 Å². The molecule has 9 N–H and O–H groups in total. The average Bonchev–Trinajstić information content (AvgIpc) is 2.60. The van der Waals surface area contributed by atoms with Gasteiger partial charge in [-0.2, -0.15) is 0 Å². The predicted octanol–water partition coefficient (Wildman–Crippen LogP) is 6.71. The van der Waals surface area contributed by atoms with Gasteiger partial charge in [0.25, 0.3) is 0 Å². The molecular formula is C62H56N4O18. The Kier molecular flexibility index (Phi) is 16.6. The van der Waals surface area contributed by atoms with E-state index < -0.39 is 81.4 Å². The number of ether oxygens (including phenoxy) is 6. The molecule has 3 aromatic heterocycles. The fourth-order valence-corrected chi connectivity index (χ4v) is 10.8. The summed E-state index contributed by atoms with van der Waals surface area (Å²) in [6, 6.07) is 24.0. The minimum Gasteiger partial charge on any atom is -0.482 e. The van der Waals surface area contributed by atoms with Crippen molar-refractivity contribution in [1.29, 1.82) is 0 Å². The van der Waals surface area contributed by atoms with E-state index in [4.69, 9.17) is 33.4 Å². The molecule has 22 nitrogen and oxygen atoms in total. The van der Waals surface area contributed by atoms with Crippen molar-refractivity contribution in [2.45, 2.75) is 47.5 Å². The highest BCUT2D eigenvalue weighted by molar-refractivity contribution is 6.31. The molecule has 0 spiro atoms. The summed E-state index contributed by atoms with van der Waals surface area (Å²) >= 11 is 0. The number of carboxylic acids is 6. The number of allylic oxidation sites excluding steroid dienone is 2. The number of rotatable bonds is 22. The molecule has 8 bridgehead atoms. The summed E-state index contributed by atoms with van der Waals surface area (Å²) in [5, 5.41) is 60.0. The number of carbonyl (C=O) groups is 6. The van der Waals surface area contributed by atoms with Crippen molar-refractivity contribution in [2.24, 2.45) is 4.99 Å². The van der Waals surface area contributed by atoms with Crippen LogP contribution in [0.3, 0.4) is 0 Å². The highest BCUT2D eigenvalue weighted by atomic mass is 16.5. The fraction of sp³-hybridized carbons (Fsp3) is 0.210. The largest absolute Gasteiger partial charge is 0.482 e. The van der Waals surface area contributed by atoms with Crippen molar-refractivity contribution in [3.8, 4) is 34.5 Å². The number of aliphatic imine (C=N–C) groups is 1. The third kappa shape index (κ3) is 12.6. The van der Waals surface area contributed by atoms with Gasteiger partial charge in [-0.3, -0.25) is 0 Å². The number of aromatic nitrogens is 3. The van der Waals surface area contributed by atoms with E-state index in [0.717, 1.165) is 44.5 Å². The molecule has 7 aromatic rings. The summed E-state index contributed by atoms with van der Waals surface area (Å²) in [6.07, 6.45) is 3.48. The van der Waals surface area contributed by atoms with Crippen molar-refractivity contribution in [3.05, 3.63) is 192 Å². The van der Waals surface area contributed by atoms with E-state index in [1.54, 1.807) is 30.4 Å². The molecule has 1 unspecified atom stereocenters. The van der Waals surface area contributed by atoms with Crippen molar-refractivity contribution in [1.82, 2.24) is 15.0 Å². The number of carboxylic acid groups (broad SMARTS) is 6. The summed E-state index contributed by atoms with van der Waals surface area (Å²) in [5.41, 5.74) is 11.0. The van der Waals surface area contributed by atoms with Crippen molar-refractivity contribution in [2.75, 3.05) is 39.6 Å². The Morgan fingerprint density at radius 3 is 1.21 bits per heavy atom. The first-order chi connectivity index (χ1) is 40.0. The predicted molar refractivity (Wildman–Crippen MR) is 302 cm³/mol. The second-order valence-corrected chi connectivity index (χ2v) is 20.0. The van der Waals surface area contributed by atoms with E-state index in [-0.39, 0.29) is 56.9 Å². The molecule has 0 aliphatic carbocycles. The molecule has 0 saturated carbocycles. The number of aromatic amines is 3. The fourth-order valence-electron chi connectivity index (χ4n) is 10.8. The van der Waals surface area contributed by atoms with E-state index in [0.29, 0.717) is 50.3 Å². The van der Waals surface area contributed by atoms with Crippen molar-refractivity contribution in [3.63, 3.8) is 0 Å². The van der Waals surface area contributed by atoms with Crippen LogP contribution in [-0.2, 0) is 28.8 Å². The zero-order valence-electron chi connectivity index (χ0n) is 46.1. The summed E-state index contributed by atoms with van der Waals surface area (Å²) in [5.74, 6) is -10.1. The summed E-state index contributed by atoms with van der Waals surface area (Å²) in [4.78, 5) is 88.8. The number of fused-ring (bicyclic) bond motifs is 7. The first-order valence-corrected chi connectivity index (χ1v) is 26.0. The molecule has 4 aromatic carbocycles. The molecular weight excluding hydrogens is 1090 g/mol. The van der Waals surface area contributed by atoms with Crippen LogP contribution in [0, 0.1) is 41.5 Å². The van der Waals surface area contributed by atoms with Gasteiger partial charge in [-0.1, -0.05) is 35.4 Å². The molecule has 1 atom stereocenters. The molecule has 0 saturated heterocycles. The number of hydrogen-bond acceptors (Lipinski definition) is 13. The number of benzene rings is 4. The van der Waals surface area contributed by atoms with Gasteiger partial charge < -0.3 is 74.0 Å². The summed E-state index contributed by atoms with van der Waals surface area (Å²) < 4.78 is 35.1. The third-order valence-corrected chi connectivity index (χ3v) is 13.6. The Balaban J connectivity index is 1.47. The highest BCUT2D eigenvalue weighted by Crippen LogP contribution is 2.47. The lowest BCUT2D eigenvalue weighted by atomic mass is 9.90. The van der Waals surface area contributed by atoms with E-state index in [1.165, 1.54) is 24.3 Å². The normalized spacial score (nSPS) is 13.5. The van der Waals surface area contributed by atoms with Crippen LogP contribution < -0.4 is 39.1 Å². The van der Waals surface area contributed by atoms with E-state index >= 15 is 0 Å². The average molecular weight is 1150 g/mol. The lowest BCUT2D eigenvalue weighted by molar-refractivity contribution is -0.140. The van der Waals surface area contributed by atoms with Crippen molar-refractivity contribution < 1.29 is 87.8 Å². The number of H-pyrrole nitrogens is 3. The second-order valence-electron chi connectivity index (χ2n) is 20.0. The molecule has 0 amide bonds. The van der Waals surface area contributed by atoms with Crippen LogP contribution in [0.4, 0.5) is 0 Å². The Morgan fingerprint density at radius 2 is 0.786 bits per heavy atom. The standard InChI is InChI=1S/C62H56N4O18/c1-29-15-31(3)55(32(4)16-29)57-37-7-11-41(63-37)59(61-45(81-25-51(71)72)19-35(79-23-49(67)68)20-46(61)82-26-52(73)74)43-13-9-39(65-43)58(56-33(5)17-30(2)18-34(56)6)40-10-14-44(66-40)60(42-12-8-38(57)64-42)62-47(83-27-53(75)76)21-36(80-24-50(69)70)22-48(62)84-28-54(77)78/h7-22,59,63-65H,23-28H2,1-6H3,(H,67,68)(H,69,70)(H,71,72)(H,73,74)(H,75,76)(H,77,78). The van der Waals surface area contributed by atoms with E-state index in [9.17, 15) is 59.4 Å². The van der Waals surface area contributed by atoms with Crippen LogP contribution >= 0.6 is 0 Å². The van der Waals surface area contributed by atoms with Gasteiger partial charge in [-0.15, -0.1) is 0 Å². The smallest absolute Gasteiger partial charge is 0.341 e. The molecule has 0 fully saturated rings. The molecule has 5 heterocycles. The number of aryl methyl sites for hydroxylation is 6. The van der Waals surface area contributed by atoms with E-state index in [1.807, 2.05) is 84.0 Å². The minimum atomic E-state index is -1.37. The van der Waals surface area contributed by atoms with Crippen molar-refractivity contribution >= 4 is 58.2 Å². The molecule has 0 radical (unpaired) electrons. The Bertz CT molecular complexity index is 3970. The molecule has 2 aliphatic rings. The van der Waals surface area contributed by atoms with Crippen LogP contribution in [0.15, 0.2) is 108 Å². The number of nitrogens with zero attached hydrogens (tertiary/aromatic N) is 1. The Morgan fingerprint density at radius 1 is 0.417 bits per heavy atom. The minimum absolute atomic E-state index is 0.0289. The lowest BCUT2D eigenvalue weighted by Gasteiger charge is -2.24. The second kappa shape index (κ2) is 24.1. The van der Waals surface area contributed by atoms with E-state index in [2.05, 4.69) is 15.0 Å². The van der Waals surface area contributed by atoms with Crippen LogP contribution in [0.25, 0.3) is 16.7 Å². The van der Waals surface area contributed by atoms with Gasteiger partial charge in [-0.25, -0.2) is 33.8 Å². The number of hydrogen-bond donors (Lipinski definition) is 9. The zero-order valence-corrected chi connectivity index (χ0v) is 46.1. The molecule has 9 rings (SSSR count). The van der Waals surface area contributed by atoms with Crippen LogP contribution in [0.2, 0.25) is 0 Å². The first-order valence-electron chi connectivity index (χ1n) is 26.0. The maximum absolute atomic E-state index is 12.3. The monoisotopic (exact) mass is 1140 g/mol. The summed E-state index contributed by atoms with van der Waals surface area (Å²) in [6.45, 7) is 6.49. The zero-order chi connectivity index (χ0) is 60.3. The molecule has 84 heavy (non-hydrogen) atoms. The third-order valence-electron chi connectivity index (χ3n) is 13.6. The maximum atomic E-state index is 12.3. The van der Waals surface area contributed by atoms with Gasteiger partial charge >= 0.3 is 35.8 Å². The van der Waals surface area contributed by atoms with Gasteiger partial charge in [0.1, 0.15) is 34.5 Å². The topological polar surface area (TPSA) is 339 Å². The SMILES string of the molecule is Cc1cc(C)c(C2=C3C=CC(=N3)C(c3c(OCC(=O)O)cc(OCC(=O)O)cc3OCC(=O)O)=c3ccc([nH]3)=C(c3c(C)cc(C)cc3C)c3ccc([nH]3)C(c3c(OCC(=O)O)cc(OCC(=O)O)cc3OCC(=O)O)c3ccc2[nH]3)c(C)c1. The van der Waals surface area contributed by atoms with Crippen LogP contribution in [0.1, 0.15) is 84.3 Å². The Hall–Kier alpha value is -10.8. The Labute approximate surface area is 477 Å². The first kappa shape index (κ1) is 57.9. The maximum Gasteiger partial charge on any atom is 0.341 e. The van der Waals surface area contributed by atoms with Crippen LogP contribution in [0.5, 0.6) is 34.5 Å². The van der Waals surface area contributed by atoms with Gasteiger partial charge in [0.05, 0.1) is 28.5 Å². The molecule has 22 heteroatoms.